The minimum Gasteiger partial charge on any atom is -0.311 e. The van der Waals surface area contributed by atoms with E-state index in [0.29, 0.717) is 0 Å². The van der Waals surface area contributed by atoms with Crippen molar-refractivity contribution in [3.63, 3.8) is 0 Å². The molecular weight excluding hydrogens is 216 g/mol. The SMILES string of the molecule is CC1(C)N(O)C(c2ccccc2)N(O)C1(C)C. The topological polar surface area (TPSA) is 46.9 Å². The van der Waals surface area contributed by atoms with Gasteiger partial charge in [-0.05, 0) is 33.3 Å². The molecule has 94 valence electrons. The van der Waals surface area contributed by atoms with Gasteiger partial charge in [0, 0.05) is 0 Å². The Labute approximate surface area is 102 Å². The molecule has 1 heterocycles. The summed E-state index contributed by atoms with van der Waals surface area (Å²) in [6, 6.07) is 9.51. The molecule has 0 atom stereocenters. The van der Waals surface area contributed by atoms with Crippen LogP contribution in [-0.2, 0) is 0 Å². The van der Waals surface area contributed by atoms with E-state index in [-0.39, 0.29) is 0 Å². The van der Waals surface area contributed by atoms with Gasteiger partial charge in [-0.25, -0.2) is 0 Å². The number of benzene rings is 1. The largest absolute Gasteiger partial charge is 0.311 e. The molecule has 1 saturated heterocycles. The van der Waals surface area contributed by atoms with Gasteiger partial charge < -0.3 is 10.4 Å². The molecule has 2 N–H and O–H groups in total. The number of rotatable bonds is 1. The lowest BCUT2D eigenvalue weighted by molar-refractivity contribution is -0.223. The minimum atomic E-state index is -0.539. The summed E-state index contributed by atoms with van der Waals surface area (Å²) in [4.78, 5) is 0. The summed E-state index contributed by atoms with van der Waals surface area (Å²) < 4.78 is 0. The smallest absolute Gasteiger partial charge is 0.136 e. The van der Waals surface area contributed by atoms with E-state index in [2.05, 4.69) is 0 Å². The molecule has 4 heteroatoms. The van der Waals surface area contributed by atoms with Gasteiger partial charge in [-0.1, -0.05) is 30.3 Å². The van der Waals surface area contributed by atoms with Crippen LogP contribution in [0.5, 0.6) is 0 Å². The van der Waals surface area contributed by atoms with Gasteiger partial charge >= 0.3 is 0 Å². The summed E-state index contributed by atoms with van der Waals surface area (Å²) in [5.41, 5.74) is -0.207. The molecule has 0 radical (unpaired) electrons. The molecular formula is C13H20N2O2. The maximum Gasteiger partial charge on any atom is 0.136 e. The van der Waals surface area contributed by atoms with Gasteiger partial charge in [-0.15, -0.1) is 0 Å². The molecule has 4 nitrogen and oxygen atoms in total. The summed E-state index contributed by atoms with van der Waals surface area (Å²) >= 11 is 0. The highest BCUT2D eigenvalue weighted by atomic mass is 16.6. The Kier molecular flexibility index (Phi) is 2.78. The van der Waals surface area contributed by atoms with E-state index in [9.17, 15) is 10.4 Å². The first-order chi connectivity index (χ1) is 7.80. The van der Waals surface area contributed by atoms with E-state index in [0.717, 1.165) is 5.56 Å². The highest BCUT2D eigenvalue weighted by Gasteiger charge is 2.58. The van der Waals surface area contributed by atoms with Crippen LogP contribution in [0.2, 0.25) is 0 Å². The van der Waals surface area contributed by atoms with E-state index in [1.165, 1.54) is 10.1 Å². The van der Waals surface area contributed by atoms with E-state index >= 15 is 0 Å². The lowest BCUT2D eigenvalue weighted by Crippen LogP contribution is -2.52. The van der Waals surface area contributed by atoms with Gasteiger partial charge in [0.25, 0.3) is 0 Å². The average molecular weight is 236 g/mol. The summed E-state index contributed by atoms with van der Waals surface area (Å²) in [5.74, 6) is 0. The molecule has 0 aromatic heterocycles. The first-order valence-corrected chi connectivity index (χ1v) is 5.81. The number of hydrogen-bond donors (Lipinski definition) is 2. The van der Waals surface area contributed by atoms with E-state index < -0.39 is 17.2 Å². The van der Waals surface area contributed by atoms with Crippen molar-refractivity contribution in [3.05, 3.63) is 35.9 Å². The van der Waals surface area contributed by atoms with Crippen molar-refractivity contribution in [1.29, 1.82) is 0 Å². The molecule has 17 heavy (non-hydrogen) atoms. The van der Waals surface area contributed by atoms with Crippen molar-refractivity contribution >= 4 is 0 Å². The monoisotopic (exact) mass is 236 g/mol. The molecule has 1 aromatic carbocycles. The van der Waals surface area contributed by atoms with Crippen LogP contribution in [0.1, 0.15) is 39.4 Å². The minimum absolute atomic E-state index is 0.527. The molecule has 0 amide bonds. The third-order valence-corrected chi connectivity index (χ3v) is 4.20. The van der Waals surface area contributed by atoms with Crippen molar-refractivity contribution in [2.75, 3.05) is 0 Å². The van der Waals surface area contributed by atoms with Crippen LogP contribution in [-0.4, -0.2) is 31.6 Å². The lowest BCUT2D eigenvalue weighted by Gasteiger charge is -2.37. The molecule has 0 saturated carbocycles. The van der Waals surface area contributed by atoms with E-state index in [1.807, 2.05) is 58.0 Å². The second-order valence-electron chi connectivity index (χ2n) is 5.59. The third-order valence-electron chi connectivity index (χ3n) is 4.20. The molecule has 1 fully saturated rings. The molecule has 1 aliphatic heterocycles. The predicted molar refractivity (Wildman–Crippen MR) is 64.6 cm³/mol. The molecule has 2 rings (SSSR count). The van der Waals surface area contributed by atoms with Crippen LogP contribution >= 0.6 is 0 Å². The Hall–Kier alpha value is -0.940. The maximum atomic E-state index is 10.3. The van der Waals surface area contributed by atoms with E-state index in [1.54, 1.807) is 0 Å². The van der Waals surface area contributed by atoms with Gasteiger partial charge in [0.15, 0.2) is 0 Å². The van der Waals surface area contributed by atoms with E-state index in [4.69, 9.17) is 0 Å². The van der Waals surface area contributed by atoms with Crippen LogP contribution in [0.15, 0.2) is 30.3 Å². The van der Waals surface area contributed by atoms with Crippen LogP contribution in [0.3, 0.4) is 0 Å². The van der Waals surface area contributed by atoms with Crippen LogP contribution in [0.4, 0.5) is 0 Å². The van der Waals surface area contributed by atoms with Gasteiger partial charge in [-0.2, -0.15) is 10.1 Å². The van der Waals surface area contributed by atoms with Crippen LogP contribution in [0.25, 0.3) is 0 Å². The van der Waals surface area contributed by atoms with Crippen LogP contribution in [0, 0.1) is 0 Å². The van der Waals surface area contributed by atoms with Gasteiger partial charge in [0.2, 0.25) is 0 Å². The van der Waals surface area contributed by atoms with Crippen molar-refractivity contribution in [1.82, 2.24) is 10.1 Å². The first kappa shape index (κ1) is 12.5. The summed E-state index contributed by atoms with van der Waals surface area (Å²) in [7, 11) is 0. The second-order valence-corrected chi connectivity index (χ2v) is 5.59. The molecule has 0 bridgehead atoms. The van der Waals surface area contributed by atoms with Gasteiger partial charge in [0.1, 0.15) is 6.17 Å². The Balaban J connectivity index is 2.45. The summed E-state index contributed by atoms with van der Waals surface area (Å²) in [6.45, 7) is 7.66. The fourth-order valence-electron chi connectivity index (χ4n) is 2.18. The summed E-state index contributed by atoms with van der Waals surface area (Å²) in [5, 5.41) is 23.1. The maximum absolute atomic E-state index is 10.3. The lowest BCUT2D eigenvalue weighted by atomic mass is 9.84. The number of hydroxylamine groups is 4. The zero-order valence-corrected chi connectivity index (χ0v) is 10.8. The molecule has 0 aliphatic carbocycles. The molecule has 0 spiro atoms. The first-order valence-electron chi connectivity index (χ1n) is 5.81. The number of hydrogen-bond acceptors (Lipinski definition) is 4. The van der Waals surface area contributed by atoms with Crippen molar-refractivity contribution in [2.45, 2.75) is 44.9 Å². The number of nitrogens with zero attached hydrogens (tertiary/aromatic N) is 2. The highest BCUT2D eigenvalue weighted by molar-refractivity contribution is 5.22. The zero-order valence-electron chi connectivity index (χ0n) is 10.8. The molecule has 1 aliphatic rings. The predicted octanol–water partition coefficient (Wildman–Crippen LogP) is 2.64. The summed E-state index contributed by atoms with van der Waals surface area (Å²) in [6.07, 6.45) is -0.527. The Morgan fingerprint density at radius 3 is 1.71 bits per heavy atom. The third kappa shape index (κ3) is 1.60. The standard InChI is InChI=1S/C13H20N2O2/c1-12(2)13(3,4)15(17)11(14(12)16)10-8-6-5-7-9-10/h5-9,11,16-17H,1-4H3. The molecule has 1 aromatic rings. The Morgan fingerprint density at radius 2 is 1.29 bits per heavy atom. The quantitative estimate of drug-likeness (QED) is 0.787. The highest BCUT2D eigenvalue weighted by Crippen LogP contribution is 2.47. The zero-order chi connectivity index (χ0) is 12.8. The second kappa shape index (κ2) is 3.78. The Morgan fingerprint density at radius 1 is 0.882 bits per heavy atom. The van der Waals surface area contributed by atoms with Gasteiger partial charge in [-0.3, -0.25) is 0 Å². The fraction of sp³-hybridized carbons (Fsp3) is 0.538. The normalized spacial score (nSPS) is 25.3. The average Bonchev–Trinajstić information content (AvgIpc) is 2.40. The Bertz CT molecular complexity index is 383. The van der Waals surface area contributed by atoms with Gasteiger partial charge in [0.05, 0.1) is 11.1 Å². The van der Waals surface area contributed by atoms with Crippen molar-refractivity contribution in [2.24, 2.45) is 0 Å². The molecule has 0 unspecified atom stereocenters. The van der Waals surface area contributed by atoms with Crippen molar-refractivity contribution < 1.29 is 10.4 Å². The van der Waals surface area contributed by atoms with Crippen LogP contribution < -0.4 is 0 Å². The fourth-order valence-corrected chi connectivity index (χ4v) is 2.18. The van der Waals surface area contributed by atoms with Crippen molar-refractivity contribution in [3.8, 4) is 0 Å².